The van der Waals surface area contributed by atoms with E-state index in [1.54, 1.807) is 4.90 Å². The molecule has 1 atom stereocenters. The van der Waals surface area contributed by atoms with Gasteiger partial charge in [-0.05, 0) is 66.6 Å². The second-order valence-electron chi connectivity index (χ2n) is 11.6. The third-order valence-electron chi connectivity index (χ3n) is 8.82. The molecule has 6 nitrogen and oxygen atoms in total. The summed E-state index contributed by atoms with van der Waals surface area (Å²) in [5, 5.41) is 0. The molecule has 0 saturated carbocycles. The third-order valence-corrected chi connectivity index (χ3v) is 10.2. The zero-order chi connectivity index (χ0) is 29.2. The molecule has 0 N–H and O–H groups in total. The predicted octanol–water partition coefficient (Wildman–Crippen LogP) is 6.46. The largest absolute Gasteiger partial charge is 0.489 e. The lowest BCUT2D eigenvalue weighted by Crippen LogP contribution is -2.52. The molecule has 7 rings (SSSR count). The van der Waals surface area contributed by atoms with Crippen LogP contribution in [0.4, 0.5) is 11.4 Å². The molecule has 2 saturated heterocycles. The molecule has 0 aliphatic carbocycles. The summed E-state index contributed by atoms with van der Waals surface area (Å²) in [7, 11) is 0. The van der Waals surface area contributed by atoms with Gasteiger partial charge in [0.25, 0.3) is 5.91 Å². The molecule has 2 amide bonds. The highest BCUT2D eigenvalue weighted by Gasteiger charge is 2.61. The number of nitrogens with zero attached hydrogens (tertiary/aromatic N) is 3. The van der Waals surface area contributed by atoms with Crippen LogP contribution in [0.3, 0.4) is 0 Å². The quantitative estimate of drug-likeness (QED) is 0.236. The van der Waals surface area contributed by atoms with Crippen LogP contribution in [0.1, 0.15) is 29.5 Å². The van der Waals surface area contributed by atoms with E-state index in [-0.39, 0.29) is 17.6 Å². The molecule has 7 heteroatoms. The number of thioether (sulfide) groups is 1. The number of anilines is 2. The van der Waals surface area contributed by atoms with Crippen LogP contribution in [-0.4, -0.2) is 42.2 Å². The summed E-state index contributed by atoms with van der Waals surface area (Å²) in [6, 6.07) is 36.3. The Morgan fingerprint density at radius 2 is 1.42 bits per heavy atom. The molecule has 3 aliphatic rings. The van der Waals surface area contributed by atoms with E-state index in [2.05, 4.69) is 35.2 Å². The van der Waals surface area contributed by atoms with Crippen molar-refractivity contribution in [2.75, 3.05) is 35.3 Å². The number of piperidine rings is 1. The van der Waals surface area contributed by atoms with Gasteiger partial charge in [0.2, 0.25) is 10.8 Å². The molecule has 3 aliphatic heterocycles. The van der Waals surface area contributed by atoms with Crippen LogP contribution < -0.4 is 14.5 Å². The minimum atomic E-state index is -1.11. The third kappa shape index (κ3) is 5.32. The number of carbonyl (C=O) groups excluding carboxylic acids is 2. The van der Waals surface area contributed by atoms with Gasteiger partial charge >= 0.3 is 0 Å². The zero-order valence-corrected chi connectivity index (χ0v) is 24.9. The Bertz CT molecular complexity index is 1590. The molecule has 4 aromatic rings. The first-order chi connectivity index (χ1) is 21.1. The fourth-order valence-corrected chi connectivity index (χ4v) is 7.97. The predicted molar refractivity (Wildman–Crippen MR) is 172 cm³/mol. The summed E-state index contributed by atoms with van der Waals surface area (Å²) in [4.78, 5) is 32.8. The van der Waals surface area contributed by atoms with E-state index >= 15 is 0 Å². The SMILES string of the molecule is O=C1CS[C@]2(C(=O)N(CN3CCC(Cc4ccccc4)CC3)c3ccccc32)N1c1ccc(OCc2ccccc2)cc1. The fourth-order valence-electron chi connectivity index (χ4n) is 6.61. The first kappa shape index (κ1) is 27.7. The Hall–Kier alpha value is -4.07. The summed E-state index contributed by atoms with van der Waals surface area (Å²) < 4.78 is 5.98. The Kier molecular flexibility index (Phi) is 7.68. The van der Waals surface area contributed by atoms with E-state index in [1.807, 2.05) is 83.8 Å². The van der Waals surface area contributed by atoms with Gasteiger partial charge in [-0.3, -0.25) is 24.3 Å². The molecule has 0 bridgehead atoms. The number of ether oxygens (including phenoxy) is 1. The van der Waals surface area contributed by atoms with Gasteiger partial charge < -0.3 is 4.74 Å². The van der Waals surface area contributed by atoms with E-state index in [0.717, 1.165) is 54.9 Å². The van der Waals surface area contributed by atoms with E-state index in [1.165, 1.54) is 17.3 Å². The summed E-state index contributed by atoms with van der Waals surface area (Å²) >= 11 is 1.43. The molecule has 1 spiro atoms. The minimum absolute atomic E-state index is 0.0413. The zero-order valence-electron chi connectivity index (χ0n) is 24.1. The number of benzene rings is 4. The van der Waals surface area contributed by atoms with Gasteiger partial charge in [-0.2, -0.15) is 0 Å². The summed E-state index contributed by atoms with van der Waals surface area (Å²) in [5.74, 6) is 1.53. The van der Waals surface area contributed by atoms with Crippen molar-refractivity contribution < 1.29 is 14.3 Å². The summed E-state index contributed by atoms with van der Waals surface area (Å²) in [6.07, 6.45) is 3.33. The van der Waals surface area contributed by atoms with Gasteiger partial charge in [-0.25, -0.2) is 0 Å². The number of fused-ring (bicyclic) bond motifs is 2. The van der Waals surface area contributed by atoms with E-state index in [9.17, 15) is 9.59 Å². The molecule has 0 radical (unpaired) electrons. The van der Waals surface area contributed by atoms with Crippen LogP contribution in [-0.2, 0) is 27.5 Å². The molecule has 43 heavy (non-hydrogen) atoms. The second-order valence-corrected chi connectivity index (χ2v) is 12.7. The van der Waals surface area contributed by atoms with Gasteiger partial charge in [-0.15, -0.1) is 11.8 Å². The van der Waals surface area contributed by atoms with Crippen LogP contribution in [0.5, 0.6) is 5.75 Å². The average molecular weight is 590 g/mol. The Labute approximate surface area is 257 Å². The fraction of sp³-hybridized carbons (Fsp3) is 0.278. The maximum atomic E-state index is 14.5. The summed E-state index contributed by atoms with van der Waals surface area (Å²) in [6.45, 7) is 2.91. The van der Waals surface area contributed by atoms with Crippen molar-refractivity contribution >= 4 is 35.0 Å². The molecule has 3 heterocycles. The van der Waals surface area contributed by atoms with Crippen molar-refractivity contribution in [2.24, 2.45) is 5.92 Å². The number of amides is 2. The highest BCUT2D eigenvalue weighted by atomic mass is 32.2. The van der Waals surface area contributed by atoms with Gasteiger partial charge in [0.1, 0.15) is 12.4 Å². The Morgan fingerprint density at radius 1 is 0.767 bits per heavy atom. The van der Waals surface area contributed by atoms with Gasteiger partial charge in [0, 0.05) is 24.3 Å². The number of hydrogen-bond donors (Lipinski definition) is 0. The van der Waals surface area contributed by atoms with Crippen LogP contribution in [0.2, 0.25) is 0 Å². The van der Waals surface area contributed by atoms with Crippen molar-refractivity contribution in [2.45, 2.75) is 30.7 Å². The summed E-state index contributed by atoms with van der Waals surface area (Å²) in [5.41, 5.74) is 4.97. The van der Waals surface area contributed by atoms with Gasteiger partial charge in [0.05, 0.1) is 18.1 Å². The normalized spacial score (nSPS) is 20.7. The van der Waals surface area contributed by atoms with E-state index < -0.39 is 4.87 Å². The van der Waals surface area contributed by atoms with Crippen molar-refractivity contribution in [3.05, 3.63) is 126 Å². The number of carbonyl (C=O) groups is 2. The first-order valence-electron chi connectivity index (χ1n) is 15.0. The number of likely N-dealkylation sites (tertiary alicyclic amines) is 1. The van der Waals surface area contributed by atoms with Crippen LogP contribution >= 0.6 is 11.8 Å². The highest BCUT2D eigenvalue weighted by molar-refractivity contribution is 8.02. The van der Waals surface area contributed by atoms with Crippen molar-refractivity contribution in [1.82, 2.24) is 4.90 Å². The maximum absolute atomic E-state index is 14.5. The van der Waals surface area contributed by atoms with Crippen LogP contribution in [0.25, 0.3) is 0 Å². The maximum Gasteiger partial charge on any atom is 0.269 e. The topological polar surface area (TPSA) is 53.1 Å². The molecule has 2 fully saturated rings. The van der Waals surface area contributed by atoms with Gasteiger partial charge in [0.15, 0.2) is 0 Å². The molecule has 0 aromatic heterocycles. The molecular formula is C36H35N3O3S. The first-order valence-corrected chi connectivity index (χ1v) is 16.0. The molecule has 4 aromatic carbocycles. The van der Waals surface area contributed by atoms with E-state index in [4.69, 9.17) is 4.74 Å². The minimum Gasteiger partial charge on any atom is -0.489 e. The Balaban J connectivity index is 1.08. The number of para-hydroxylation sites is 1. The number of hydrogen-bond acceptors (Lipinski definition) is 5. The Morgan fingerprint density at radius 3 is 2.14 bits per heavy atom. The van der Waals surface area contributed by atoms with Crippen molar-refractivity contribution in [3.8, 4) is 5.75 Å². The van der Waals surface area contributed by atoms with E-state index in [0.29, 0.717) is 24.9 Å². The van der Waals surface area contributed by atoms with Crippen LogP contribution in [0.15, 0.2) is 109 Å². The average Bonchev–Trinajstić information content (AvgIpc) is 3.52. The van der Waals surface area contributed by atoms with Crippen LogP contribution in [0, 0.1) is 5.92 Å². The lowest BCUT2D eigenvalue weighted by molar-refractivity contribution is -0.124. The lowest BCUT2D eigenvalue weighted by Gasteiger charge is -2.36. The smallest absolute Gasteiger partial charge is 0.269 e. The second kappa shape index (κ2) is 11.9. The van der Waals surface area contributed by atoms with Crippen molar-refractivity contribution in [1.29, 1.82) is 0 Å². The molecule has 0 unspecified atom stereocenters. The molecular weight excluding hydrogens is 554 g/mol. The number of rotatable bonds is 8. The standard InChI is InChI=1S/C36H35N3O3S/c40-34-25-43-36(39(34)30-15-17-31(18-16-30)42-24-29-11-5-2-6-12-29)32-13-7-8-14-33(32)38(35(36)41)26-37-21-19-28(20-22-37)23-27-9-3-1-4-10-27/h1-18,28H,19-26H2/t36-/m1/s1. The highest BCUT2D eigenvalue weighted by Crippen LogP contribution is 2.55. The monoisotopic (exact) mass is 589 g/mol. The van der Waals surface area contributed by atoms with Gasteiger partial charge in [-0.1, -0.05) is 78.9 Å². The lowest BCUT2D eigenvalue weighted by atomic mass is 9.90. The van der Waals surface area contributed by atoms with Crippen molar-refractivity contribution in [3.63, 3.8) is 0 Å². The molecule has 218 valence electrons.